The minimum absolute atomic E-state index is 0.627. The van der Waals surface area contributed by atoms with Crippen LogP contribution in [0.15, 0.2) is 0 Å². The summed E-state index contributed by atoms with van der Waals surface area (Å²) < 4.78 is 6.34. The zero-order valence-electron chi connectivity index (χ0n) is 7.30. The van der Waals surface area contributed by atoms with Gasteiger partial charge in [0.1, 0.15) is 6.04 Å². The van der Waals surface area contributed by atoms with E-state index in [1.807, 2.05) is 0 Å². The molecule has 0 fully saturated rings. The predicted octanol–water partition coefficient (Wildman–Crippen LogP) is -1.40. The van der Waals surface area contributed by atoms with Crippen LogP contribution in [0.3, 0.4) is 0 Å². The van der Waals surface area contributed by atoms with Crippen molar-refractivity contribution in [2.45, 2.75) is 12.5 Å². The summed E-state index contributed by atoms with van der Waals surface area (Å²) in [6, 6.07) is -3.10. The fourth-order valence-electron chi connectivity index (χ4n) is 0.553. The molecule has 0 bridgehead atoms. The molecule has 0 spiro atoms. The fourth-order valence-corrected chi connectivity index (χ4v) is 0.553. The minimum atomic E-state index is -1.68. The van der Waals surface area contributed by atoms with Crippen molar-refractivity contribution in [3.05, 3.63) is 0 Å². The zero-order chi connectivity index (χ0) is 11.3. The number of carboxylic acids is 2. The molecule has 74 valence electrons. The lowest BCUT2D eigenvalue weighted by Crippen LogP contribution is -2.46. The number of carbonyl (C=O) groups excluding carboxylic acids is 1. The van der Waals surface area contributed by atoms with Crippen molar-refractivity contribution in [3.8, 4) is 0 Å². The molecular formula is C5H8N2O6. The normalized spacial score (nSPS) is 12.5. The van der Waals surface area contributed by atoms with Crippen molar-refractivity contribution in [3.63, 3.8) is 0 Å². The van der Waals surface area contributed by atoms with Gasteiger partial charge in [-0.1, -0.05) is 0 Å². The molecule has 0 aromatic rings. The van der Waals surface area contributed by atoms with Gasteiger partial charge in [-0.3, -0.25) is 10.0 Å². The Kier molecular flexibility index (Phi) is 3.51. The average Bonchev–Trinajstić information content (AvgIpc) is 2.01. The van der Waals surface area contributed by atoms with Gasteiger partial charge < -0.3 is 15.5 Å². The van der Waals surface area contributed by atoms with Gasteiger partial charge in [0.05, 0.1) is 6.42 Å². The monoisotopic (exact) mass is 193 g/mol. The lowest BCUT2D eigenvalue weighted by Gasteiger charge is -2.10. The van der Waals surface area contributed by atoms with E-state index < -0.39 is 35.9 Å². The summed E-state index contributed by atoms with van der Waals surface area (Å²) in [4.78, 5) is 31.0. The van der Waals surface area contributed by atoms with Gasteiger partial charge >= 0.3 is 18.0 Å². The standard InChI is InChI=1S/C5H8N2O6/c8-3(9)1-2(4(10)11)6-5(12)7-13/h2,13H,1H2,(H,8,9)(H,10,11)(H2,6,7,12)/t2-/m0/s1/i/hD. The van der Waals surface area contributed by atoms with Crippen LogP contribution in [-0.2, 0) is 9.59 Å². The Labute approximate surface area is 73.6 Å². The highest BCUT2D eigenvalue weighted by Gasteiger charge is 2.22. The molecule has 0 aliphatic carbocycles. The molecule has 0 aliphatic heterocycles. The maximum Gasteiger partial charge on any atom is 0.339 e. The second-order valence-electron chi connectivity index (χ2n) is 2.04. The number of carboxylic acid groups (broad SMARTS) is 2. The molecule has 0 aromatic heterocycles. The van der Waals surface area contributed by atoms with Crippen molar-refractivity contribution >= 4 is 18.0 Å². The molecule has 8 nitrogen and oxygen atoms in total. The van der Waals surface area contributed by atoms with Gasteiger partial charge in [-0.25, -0.2) is 15.1 Å². The summed E-state index contributed by atoms with van der Waals surface area (Å²) in [5, 5.41) is 26.5. The highest BCUT2D eigenvalue weighted by atomic mass is 16.5. The van der Waals surface area contributed by atoms with Crippen LogP contribution in [0.25, 0.3) is 0 Å². The van der Waals surface area contributed by atoms with Crippen molar-refractivity contribution in [2.75, 3.05) is 0 Å². The summed E-state index contributed by atoms with van der Waals surface area (Å²) in [7, 11) is 0. The Morgan fingerprint density at radius 1 is 1.38 bits per heavy atom. The molecule has 0 unspecified atom stereocenters. The molecule has 0 aliphatic rings. The third kappa shape index (κ3) is 4.58. The van der Waals surface area contributed by atoms with Gasteiger partial charge in [0.2, 0.25) is 1.41 Å². The second kappa shape index (κ2) is 4.93. The molecule has 2 amide bonds. The lowest BCUT2D eigenvalue weighted by atomic mass is 10.2. The first-order chi connectivity index (χ1) is 6.34. The molecule has 0 saturated carbocycles. The van der Waals surface area contributed by atoms with E-state index in [0.29, 0.717) is 0 Å². The Bertz CT molecular complexity index is 255. The topological polar surface area (TPSA) is 136 Å². The number of hydrogen-bond donors (Lipinski definition) is 5. The maximum atomic E-state index is 10.6. The molecule has 0 saturated heterocycles. The minimum Gasteiger partial charge on any atom is -0.481 e. The summed E-state index contributed by atoms with van der Waals surface area (Å²) in [6.07, 6.45) is -0.838. The molecule has 0 heterocycles. The van der Waals surface area contributed by atoms with Gasteiger partial charge in [-0.05, 0) is 0 Å². The summed E-state index contributed by atoms with van der Waals surface area (Å²) in [5.74, 6) is -2.99. The maximum absolute atomic E-state index is 10.6. The average molecular weight is 193 g/mol. The van der Waals surface area contributed by atoms with E-state index in [9.17, 15) is 14.4 Å². The van der Waals surface area contributed by atoms with Crippen LogP contribution >= 0.6 is 0 Å². The number of aliphatic carboxylic acids is 2. The third-order valence-electron chi connectivity index (χ3n) is 1.07. The number of hydrogen-bond acceptors (Lipinski definition) is 4. The zero-order valence-corrected chi connectivity index (χ0v) is 6.30. The van der Waals surface area contributed by atoms with Crippen LogP contribution in [0.5, 0.6) is 0 Å². The van der Waals surface area contributed by atoms with Gasteiger partial charge in [0.15, 0.2) is 0 Å². The second-order valence-corrected chi connectivity index (χ2v) is 2.04. The van der Waals surface area contributed by atoms with Crippen molar-refractivity contribution in [1.29, 1.82) is 0 Å². The Morgan fingerprint density at radius 2 is 1.92 bits per heavy atom. The van der Waals surface area contributed by atoms with Gasteiger partial charge in [-0.2, -0.15) is 0 Å². The van der Waals surface area contributed by atoms with E-state index in [0.717, 1.165) is 0 Å². The number of amides is 2. The number of rotatable bonds is 4. The molecule has 0 aromatic carbocycles. The molecule has 0 radical (unpaired) electrons. The van der Waals surface area contributed by atoms with Crippen LogP contribution in [0, 0.1) is 0 Å². The molecule has 0 rings (SSSR count). The van der Waals surface area contributed by atoms with Gasteiger partial charge in [0.25, 0.3) is 0 Å². The summed E-state index contributed by atoms with van der Waals surface area (Å²) in [5.41, 5.74) is -0.627. The molecular weight excluding hydrogens is 184 g/mol. The SMILES string of the molecule is [2H]N(O)C(=O)N[C@@H](CC(=O)O)C(=O)O. The van der Waals surface area contributed by atoms with Gasteiger partial charge in [-0.15, -0.1) is 0 Å². The van der Waals surface area contributed by atoms with Crippen LogP contribution in [0.2, 0.25) is 1.41 Å². The van der Waals surface area contributed by atoms with E-state index in [-0.39, 0.29) is 0 Å². The van der Waals surface area contributed by atoms with E-state index in [4.69, 9.17) is 16.8 Å². The first-order valence-electron chi connectivity index (χ1n) is 3.52. The Hall–Kier alpha value is -1.83. The highest BCUT2D eigenvalue weighted by Crippen LogP contribution is 1.92. The molecule has 13 heavy (non-hydrogen) atoms. The predicted molar refractivity (Wildman–Crippen MR) is 37.1 cm³/mol. The number of nitrogens with one attached hydrogen (secondary N) is 2. The summed E-state index contributed by atoms with van der Waals surface area (Å²) >= 11 is 0. The van der Waals surface area contributed by atoms with Crippen LogP contribution in [-0.4, -0.2) is 39.4 Å². The highest BCUT2D eigenvalue weighted by molar-refractivity contribution is 5.85. The van der Waals surface area contributed by atoms with E-state index in [1.54, 1.807) is 5.32 Å². The smallest absolute Gasteiger partial charge is 0.339 e. The molecule has 1 atom stereocenters. The van der Waals surface area contributed by atoms with E-state index in [1.165, 1.54) is 0 Å². The third-order valence-corrected chi connectivity index (χ3v) is 1.07. The van der Waals surface area contributed by atoms with Gasteiger partial charge in [0, 0.05) is 0 Å². The van der Waals surface area contributed by atoms with Crippen LogP contribution in [0.4, 0.5) is 4.79 Å². The molecule has 5 N–H and O–H groups in total. The van der Waals surface area contributed by atoms with E-state index >= 15 is 0 Å². The number of urea groups is 1. The number of hydroxylamine groups is 1. The Balaban J connectivity index is 4.31. The van der Waals surface area contributed by atoms with E-state index in [2.05, 4.69) is 0 Å². The summed E-state index contributed by atoms with van der Waals surface area (Å²) in [6.45, 7) is 0. The Morgan fingerprint density at radius 3 is 2.23 bits per heavy atom. The van der Waals surface area contributed by atoms with Crippen LogP contribution in [0.1, 0.15) is 6.42 Å². The largest absolute Gasteiger partial charge is 0.481 e. The van der Waals surface area contributed by atoms with Crippen molar-refractivity contribution in [1.82, 2.24) is 10.8 Å². The lowest BCUT2D eigenvalue weighted by molar-refractivity contribution is -0.145. The number of carbonyl (C=O) groups is 3. The first-order valence-corrected chi connectivity index (χ1v) is 3.07. The first kappa shape index (κ1) is 9.26. The van der Waals surface area contributed by atoms with Crippen molar-refractivity contribution < 1.29 is 31.2 Å². The van der Waals surface area contributed by atoms with Crippen molar-refractivity contribution in [2.24, 2.45) is 0 Å². The fraction of sp³-hybridized carbons (Fsp3) is 0.400. The molecule has 8 heteroatoms. The van der Waals surface area contributed by atoms with Crippen LogP contribution < -0.4 is 10.8 Å². The quantitative estimate of drug-likeness (QED) is 0.275.